The maximum Gasteiger partial charge on any atom is 0.233 e. The van der Waals surface area contributed by atoms with Gasteiger partial charge in [0.25, 0.3) is 0 Å². The van der Waals surface area contributed by atoms with Gasteiger partial charge in [-0.05, 0) is 43.4 Å². The van der Waals surface area contributed by atoms with Crippen LogP contribution in [0.2, 0.25) is 0 Å². The summed E-state index contributed by atoms with van der Waals surface area (Å²) in [5.41, 5.74) is 2.18. The number of nitrogens with one attached hydrogen (secondary N) is 1. The molecule has 1 amide bonds. The van der Waals surface area contributed by atoms with Crippen molar-refractivity contribution in [1.29, 1.82) is 0 Å². The Kier molecular flexibility index (Phi) is 5.94. The Hall–Kier alpha value is -2.67. The molecule has 150 valence electrons. The molecule has 0 saturated heterocycles. The van der Waals surface area contributed by atoms with Crippen LogP contribution in [0.1, 0.15) is 44.2 Å². The molecular formula is C22H25N5OS. The maximum atomic E-state index is 12.7. The van der Waals surface area contributed by atoms with Crippen molar-refractivity contribution in [1.82, 2.24) is 25.1 Å². The molecule has 1 aliphatic rings. The third kappa shape index (κ3) is 4.67. The van der Waals surface area contributed by atoms with Crippen LogP contribution >= 0.6 is 11.8 Å². The van der Waals surface area contributed by atoms with Gasteiger partial charge in [0.05, 0.1) is 5.25 Å². The number of rotatable bonds is 8. The molecule has 1 aromatic carbocycles. The standard InChI is InChI=1S/C22H25N5OS/c1-15(17-7-4-3-5-8-17)13-24-21(28)16(2)29-22-26-25-20(27(22)19-10-11-19)18-9-6-12-23-14-18/h3-9,12,14-16,19H,10-11,13H2,1-2H3,(H,24,28)/t15-,16-/m0/s1. The highest BCUT2D eigenvalue weighted by Crippen LogP contribution is 2.41. The van der Waals surface area contributed by atoms with Gasteiger partial charge in [-0.1, -0.05) is 49.0 Å². The Morgan fingerprint density at radius 3 is 2.66 bits per heavy atom. The second-order valence-corrected chi connectivity index (χ2v) is 8.77. The van der Waals surface area contributed by atoms with E-state index in [9.17, 15) is 4.79 Å². The van der Waals surface area contributed by atoms with Crippen molar-refractivity contribution in [3.8, 4) is 11.4 Å². The van der Waals surface area contributed by atoms with Gasteiger partial charge in [-0.2, -0.15) is 0 Å². The van der Waals surface area contributed by atoms with E-state index in [4.69, 9.17) is 0 Å². The predicted molar refractivity (Wildman–Crippen MR) is 115 cm³/mol. The van der Waals surface area contributed by atoms with Gasteiger partial charge in [0.15, 0.2) is 11.0 Å². The Morgan fingerprint density at radius 2 is 1.97 bits per heavy atom. The number of carbonyl (C=O) groups excluding carboxylic acids is 1. The molecule has 0 unspecified atom stereocenters. The first-order chi connectivity index (χ1) is 14.1. The van der Waals surface area contributed by atoms with Crippen LogP contribution in [0.25, 0.3) is 11.4 Å². The molecule has 1 aliphatic carbocycles. The molecule has 0 spiro atoms. The number of hydrogen-bond donors (Lipinski definition) is 1. The van der Waals surface area contributed by atoms with Gasteiger partial charge in [-0.25, -0.2) is 0 Å². The van der Waals surface area contributed by atoms with E-state index in [1.54, 1.807) is 12.4 Å². The first-order valence-electron chi connectivity index (χ1n) is 9.98. The molecule has 0 aliphatic heterocycles. The van der Waals surface area contributed by atoms with Crippen molar-refractivity contribution >= 4 is 17.7 Å². The van der Waals surface area contributed by atoms with Crippen LogP contribution in [0, 0.1) is 0 Å². The Bertz CT molecular complexity index is 956. The van der Waals surface area contributed by atoms with Crippen molar-refractivity contribution in [2.45, 2.75) is 49.1 Å². The summed E-state index contributed by atoms with van der Waals surface area (Å²) in [6, 6.07) is 14.5. The lowest BCUT2D eigenvalue weighted by molar-refractivity contribution is -0.120. The second kappa shape index (κ2) is 8.78. The SMILES string of the molecule is C[C@H](Sc1nnc(-c2cccnc2)n1C1CC1)C(=O)NC[C@H](C)c1ccccc1. The van der Waals surface area contributed by atoms with Gasteiger partial charge >= 0.3 is 0 Å². The van der Waals surface area contributed by atoms with E-state index in [-0.39, 0.29) is 17.1 Å². The molecule has 1 saturated carbocycles. The van der Waals surface area contributed by atoms with Crippen LogP contribution in [0.3, 0.4) is 0 Å². The first-order valence-corrected chi connectivity index (χ1v) is 10.9. The molecule has 29 heavy (non-hydrogen) atoms. The molecule has 2 heterocycles. The minimum atomic E-state index is -0.249. The number of benzene rings is 1. The topological polar surface area (TPSA) is 72.7 Å². The number of thioether (sulfide) groups is 1. The van der Waals surface area contributed by atoms with Crippen LogP contribution in [-0.2, 0) is 4.79 Å². The quantitative estimate of drug-likeness (QED) is 0.570. The van der Waals surface area contributed by atoms with E-state index in [0.717, 1.165) is 29.4 Å². The average molecular weight is 408 g/mol. The summed E-state index contributed by atoms with van der Waals surface area (Å²) in [4.78, 5) is 16.9. The summed E-state index contributed by atoms with van der Waals surface area (Å²) < 4.78 is 2.16. The lowest BCUT2D eigenvalue weighted by atomic mass is 10.0. The number of carbonyl (C=O) groups is 1. The van der Waals surface area contributed by atoms with Crippen LogP contribution in [0.5, 0.6) is 0 Å². The smallest absolute Gasteiger partial charge is 0.233 e. The summed E-state index contributed by atoms with van der Waals surface area (Å²) in [5, 5.41) is 12.4. The lowest BCUT2D eigenvalue weighted by Crippen LogP contribution is -2.33. The average Bonchev–Trinajstić information content (AvgIpc) is 3.52. The van der Waals surface area contributed by atoms with Crippen molar-refractivity contribution in [2.24, 2.45) is 0 Å². The van der Waals surface area contributed by atoms with Gasteiger partial charge in [-0.3, -0.25) is 14.3 Å². The fourth-order valence-electron chi connectivity index (χ4n) is 3.22. The third-order valence-electron chi connectivity index (χ3n) is 5.10. The van der Waals surface area contributed by atoms with Gasteiger partial charge in [0.1, 0.15) is 0 Å². The summed E-state index contributed by atoms with van der Waals surface area (Å²) in [6.45, 7) is 4.66. The molecule has 0 bridgehead atoms. The molecule has 1 N–H and O–H groups in total. The molecule has 7 heteroatoms. The fourth-order valence-corrected chi connectivity index (χ4v) is 4.16. The van der Waals surface area contributed by atoms with Crippen molar-refractivity contribution < 1.29 is 4.79 Å². The zero-order chi connectivity index (χ0) is 20.2. The van der Waals surface area contributed by atoms with E-state index in [2.05, 4.69) is 44.1 Å². The van der Waals surface area contributed by atoms with Crippen LogP contribution in [0.15, 0.2) is 60.0 Å². The minimum Gasteiger partial charge on any atom is -0.355 e. The Labute approximate surface area is 175 Å². The molecule has 4 rings (SSSR count). The number of pyridine rings is 1. The summed E-state index contributed by atoms with van der Waals surface area (Å²) in [6.07, 6.45) is 5.79. The Balaban J connectivity index is 1.41. The summed E-state index contributed by atoms with van der Waals surface area (Å²) in [5.74, 6) is 1.11. The highest BCUT2D eigenvalue weighted by atomic mass is 32.2. The number of aromatic nitrogens is 4. The van der Waals surface area contributed by atoms with Crippen LogP contribution in [0.4, 0.5) is 0 Å². The minimum absolute atomic E-state index is 0.0195. The fraction of sp³-hybridized carbons (Fsp3) is 0.364. The van der Waals surface area contributed by atoms with Crippen molar-refractivity contribution in [3.05, 3.63) is 60.4 Å². The lowest BCUT2D eigenvalue weighted by Gasteiger charge is -2.16. The van der Waals surface area contributed by atoms with E-state index in [0.29, 0.717) is 12.6 Å². The third-order valence-corrected chi connectivity index (χ3v) is 6.16. The number of amides is 1. The number of hydrogen-bond acceptors (Lipinski definition) is 5. The highest BCUT2D eigenvalue weighted by molar-refractivity contribution is 8.00. The van der Waals surface area contributed by atoms with Gasteiger partial charge in [0.2, 0.25) is 5.91 Å². The molecule has 3 aromatic rings. The van der Waals surface area contributed by atoms with E-state index in [1.165, 1.54) is 17.3 Å². The van der Waals surface area contributed by atoms with Crippen molar-refractivity contribution in [3.63, 3.8) is 0 Å². The predicted octanol–water partition coefficient (Wildman–Crippen LogP) is 4.08. The molecule has 6 nitrogen and oxygen atoms in total. The van der Waals surface area contributed by atoms with Gasteiger partial charge < -0.3 is 5.32 Å². The van der Waals surface area contributed by atoms with Gasteiger partial charge in [0, 0.05) is 30.5 Å². The van der Waals surface area contributed by atoms with Gasteiger partial charge in [-0.15, -0.1) is 10.2 Å². The maximum absolute atomic E-state index is 12.7. The van der Waals surface area contributed by atoms with Crippen LogP contribution in [-0.4, -0.2) is 37.5 Å². The molecule has 1 fully saturated rings. The normalized spacial score (nSPS) is 15.7. The van der Waals surface area contributed by atoms with Crippen molar-refractivity contribution in [2.75, 3.05) is 6.54 Å². The zero-order valence-corrected chi connectivity index (χ0v) is 17.5. The molecule has 2 aromatic heterocycles. The van der Waals surface area contributed by atoms with E-state index in [1.807, 2.05) is 37.3 Å². The Morgan fingerprint density at radius 1 is 1.17 bits per heavy atom. The molecular weight excluding hydrogens is 382 g/mol. The van der Waals surface area contributed by atoms with E-state index < -0.39 is 0 Å². The second-order valence-electron chi connectivity index (χ2n) is 7.47. The summed E-state index contributed by atoms with van der Waals surface area (Å²) in [7, 11) is 0. The summed E-state index contributed by atoms with van der Waals surface area (Å²) >= 11 is 1.47. The first kappa shape index (κ1) is 19.6. The monoisotopic (exact) mass is 407 g/mol. The number of nitrogens with zero attached hydrogens (tertiary/aromatic N) is 4. The molecule has 0 radical (unpaired) electrons. The van der Waals surface area contributed by atoms with E-state index >= 15 is 0 Å². The zero-order valence-electron chi connectivity index (χ0n) is 16.7. The highest BCUT2D eigenvalue weighted by Gasteiger charge is 2.31. The van der Waals surface area contributed by atoms with Crippen LogP contribution < -0.4 is 5.32 Å². The largest absolute Gasteiger partial charge is 0.355 e. The molecule has 2 atom stereocenters.